The lowest BCUT2D eigenvalue weighted by Crippen LogP contribution is -2.30. The fraction of sp³-hybridized carbons (Fsp3) is 0.919. The molecule has 1 atom stereocenters. The number of hydrogen-bond donors (Lipinski definition) is 0. The van der Waals surface area contributed by atoms with Gasteiger partial charge in [-0.25, -0.2) is 0 Å². The van der Waals surface area contributed by atoms with Crippen LogP contribution in [0.2, 0.25) is 0 Å². The molecule has 0 heterocycles. The first-order valence-electron chi connectivity index (χ1n) is 18.5. The summed E-state index contributed by atoms with van der Waals surface area (Å²) in [6.45, 7) is 6.51. The van der Waals surface area contributed by atoms with Crippen LogP contribution in [0.5, 0.6) is 0 Å². The van der Waals surface area contributed by atoms with E-state index in [-0.39, 0.29) is 31.1 Å². The zero-order valence-corrected chi connectivity index (χ0v) is 28.7. The second-order valence-corrected chi connectivity index (χ2v) is 12.5. The van der Waals surface area contributed by atoms with Gasteiger partial charge in [-0.05, 0) is 19.3 Å². The number of unbranched alkanes of at least 4 members (excludes halogenated alkanes) is 22. The molecule has 43 heavy (non-hydrogen) atoms. The molecular formula is C37H70O6. The van der Waals surface area contributed by atoms with Gasteiger partial charge in [-0.3, -0.25) is 14.4 Å². The molecule has 254 valence electrons. The molecule has 0 spiro atoms. The SMILES string of the molecule is CCCCCCCCCCCCCCC(=O)OCC(COC(=O)CCCCCCCC)OC(=O)CCCCCCCCC. The Labute approximate surface area is 266 Å². The zero-order valence-electron chi connectivity index (χ0n) is 28.7. The largest absolute Gasteiger partial charge is 0.462 e. The van der Waals surface area contributed by atoms with E-state index in [0.717, 1.165) is 57.8 Å². The molecule has 0 aliphatic rings. The molecule has 0 aliphatic heterocycles. The third-order valence-electron chi connectivity index (χ3n) is 8.11. The molecule has 0 fully saturated rings. The number of hydrogen-bond acceptors (Lipinski definition) is 6. The summed E-state index contributed by atoms with van der Waals surface area (Å²) in [4.78, 5) is 37.1. The second-order valence-electron chi connectivity index (χ2n) is 12.5. The van der Waals surface area contributed by atoms with Gasteiger partial charge in [-0.15, -0.1) is 0 Å². The molecule has 0 radical (unpaired) electrons. The molecule has 1 unspecified atom stereocenters. The quantitative estimate of drug-likeness (QED) is 0.0418. The van der Waals surface area contributed by atoms with E-state index in [0.29, 0.717) is 19.3 Å². The molecule has 0 aromatic carbocycles. The molecular weight excluding hydrogens is 540 g/mol. The highest BCUT2D eigenvalue weighted by Gasteiger charge is 2.19. The van der Waals surface area contributed by atoms with E-state index in [4.69, 9.17) is 14.2 Å². The van der Waals surface area contributed by atoms with E-state index in [2.05, 4.69) is 20.8 Å². The fourth-order valence-corrected chi connectivity index (χ4v) is 5.26. The Bertz CT molecular complexity index is 635. The summed E-state index contributed by atoms with van der Waals surface area (Å²) in [5, 5.41) is 0. The summed E-state index contributed by atoms with van der Waals surface area (Å²) in [6.07, 6.45) is 29.7. The number of esters is 3. The van der Waals surface area contributed by atoms with Crippen LogP contribution in [0.3, 0.4) is 0 Å². The van der Waals surface area contributed by atoms with Crippen LogP contribution in [-0.2, 0) is 28.6 Å². The van der Waals surface area contributed by atoms with Gasteiger partial charge in [0.25, 0.3) is 0 Å². The third-order valence-corrected chi connectivity index (χ3v) is 8.11. The van der Waals surface area contributed by atoms with Crippen molar-refractivity contribution in [2.24, 2.45) is 0 Å². The Morgan fingerprint density at radius 1 is 0.372 bits per heavy atom. The van der Waals surface area contributed by atoms with Crippen molar-refractivity contribution >= 4 is 17.9 Å². The van der Waals surface area contributed by atoms with Crippen molar-refractivity contribution in [1.82, 2.24) is 0 Å². The standard InChI is InChI=1S/C37H70O6/c1-4-7-10-13-16-17-18-19-20-22-24-27-30-36(39)42-33-34(32-41-35(38)29-26-23-15-12-9-6-3)43-37(40)31-28-25-21-14-11-8-5-2/h34H,4-33H2,1-3H3. The van der Waals surface area contributed by atoms with Crippen molar-refractivity contribution in [2.45, 2.75) is 207 Å². The normalized spacial score (nSPS) is 11.8. The molecule has 0 bridgehead atoms. The third kappa shape index (κ3) is 31.6. The molecule has 6 heteroatoms. The molecule has 0 saturated carbocycles. The van der Waals surface area contributed by atoms with E-state index in [9.17, 15) is 14.4 Å². The van der Waals surface area contributed by atoms with E-state index < -0.39 is 6.10 Å². The van der Waals surface area contributed by atoms with Gasteiger partial charge in [0.1, 0.15) is 13.2 Å². The van der Waals surface area contributed by atoms with Gasteiger partial charge in [-0.2, -0.15) is 0 Å². The first-order valence-corrected chi connectivity index (χ1v) is 18.5. The predicted molar refractivity (Wildman–Crippen MR) is 178 cm³/mol. The zero-order chi connectivity index (χ0) is 31.6. The van der Waals surface area contributed by atoms with Crippen molar-refractivity contribution in [1.29, 1.82) is 0 Å². The van der Waals surface area contributed by atoms with Gasteiger partial charge < -0.3 is 14.2 Å². The predicted octanol–water partition coefficient (Wildman–Crippen LogP) is 11.0. The Morgan fingerprint density at radius 3 is 0.930 bits per heavy atom. The van der Waals surface area contributed by atoms with Crippen LogP contribution < -0.4 is 0 Å². The smallest absolute Gasteiger partial charge is 0.306 e. The maximum absolute atomic E-state index is 12.5. The lowest BCUT2D eigenvalue weighted by atomic mass is 10.0. The van der Waals surface area contributed by atoms with Crippen molar-refractivity contribution in [3.8, 4) is 0 Å². The summed E-state index contributed by atoms with van der Waals surface area (Å²) < 4.78 is 16.5. The van der Waals surface area contributed by atoms with Crippen LogP contribution in [0, 0.1) is 0 Å². The van der Waals surface area contributed by atoms with Crippen LogP contribution >= 0.6 is 0 Å². The second kappa shape index (κ2) is 33.3. The topological polar surface area (TPSA) is 78.9 Å². The van der Waals surface area contributed by atoms with Crippen LogP contribution in [0.15, 0.2) is 0 Å². The maximum atomic E-state index is 12.5. The Morgan fingerprint density at radius 2 is 0.628 bits per heavy atom. The number of rotatable bonds is 33. The molecule has 0 aromatic heterocycles. The van der Waals surface area contributed by atoms with Gasteiger partial charge in [0, 0.05) is 19.3 Å². The maximum Gasteiger partial charge on any atom is 0.306 e. The molecule has 0 aliphatic carbocycles. The van der Waals surface area contributed by atoms with Gasteiger partial charge in [0.05, 0.1) is 0 Å². The van der Waals surface area contributed by atoms with Gasteiger partial charge in [0.15, 0.2) is 6.10 Å². The van der Waals surface area contributed by atoms with E-state index in [1.54, 1.807) is 0 Å². The van der Waals surface area contributed by atoms with Crippen molar-refractivity contribution in [3.63, 3.8) is 0 Å². The fourth-order valence-electron chi connectivity index (χ4n) is 5.26. The summed E-state index contributed by atoms with van der Waals surface area (Å²) in [5.41, 5.74) is 0. The van der Waals surface area contributed by atoms with Gasteiger partial charge >= 0.3 is 17.9 Å². The van der Waals surface area contributed by atoms with Gasteiger partial charge in [-0.1, -0.05) is 162 Å². The van der Waals surface area contributed by atoms with Crippen LogP contribution in [0.1, 0.15) is 201 Å². The minimum atomic E-state index is -0.753. The number of carbonyl (C=O) groups is 3. The molecule has 0 aromatic rings. The first kappa shape index (κ1) is 41.4. The minimum Gasteiger partial charge on any atom is -0.462 e. The highest BCUT2D eigenvalue weighted by molar-refractivity contribution is 5.71. The summed E-state index contributed by atoms with van der Waals surface area (Å²) in [7, 11) is 0. The van der Waals surface area contributed by atoms with E-state index in [1.165, 1.54) is 103 Å². The lowest BCUT2D eigenvalue weighted by Gasteiger charge is -2.18. The average Bonchev–Trinajstić information content (AvgIpc) is 3.00. The highest BCUT2D eigenvalue weighted by atomic mass is 16.6. The molecule has 0 rings (SSSR count). The summed E-state index contributed by atoms with van der Waals surface area (Å²) >= 11 is 0. The van der Waals surface area contributed by atoms with Crippen LogP contribution in [-0.4, -0.2) is 37.2 Å². The first-order chi connectivity index (χ1) is 21.0. The van der Waals surface area contributed by atoms with Crippen molar-refractivity contribution in [3.05, 3.63) is 0 Å². The Kier molecular flexibility index (Phi) is 32.1. The van der Waals surface area contributed by atoms with Crippen molar-refractivity contribution in [2.75, 3.05) is 13.2 Å². The summed E-state index contributed by atoms with van der Waals surface area (Å²) in [5.74, 6) is -0.882. The van der Waals surface area contributed by atoms with Crippen molar-refractivity contribution < 1.29 is 28.6 Å². The van der Waals surface area contributed by atoms with Crippen LogP contribution in [0.25, 0.3) is 0 Å². The number of carbonyl (C=O) groups excluding carboxylic acids is 3. The monoisotopic (exact) mass is 611 g/mol. The Balaban J connectivity index is 4.26. The van der Waals surface area contributed by atoms with Gasteiger partial charge in [0.2, 0.25) is 0 Å². The minimum absolute atomic E-state index is 0.0653. The molecule has 0 N–H and O–H groups in total. The molecule has 0 saturated heterocycles. The lowest BCUT2D eigenvalue weighted by molar-refractivity contribution is -0.167. The number of ether oxygens (including phenoxy) is 3. The highest BCUT2D eigenvalue weighted by Crippen LogP contribution is 2.14. The van der Waals surface area contributed by atoms with E-state index >= 15 is 0 Å². The summed E-state index contributed by atoms with van der Waals surface area (Å²) in [6, 6.07) is 0. The molecule has 0 amide bonds. The van der Waals surface area contributed by atoms with Crippen LogP contribution in [0.4, 0.5) is 0 Å². The van der Waals surface area contributed by atoms with E-state index in [1.807, 2.05) is 0 Å². The molecule has 6 nitrogen and oxygen atoms in total. The average molecular weight is 611 g/mol. The Hall–Kier alpha value is -1.59.